The van der Waals surface area contributed by atoms with Gasteiger partial charge in [-0.2, -0.15) is 0 Å². The lowest BCUT2D eigenvalue weighted by Gasteiger charge is -2.31. The van der Waals surface area contributed by atoms with E-state index in [9.17, 15) is 9.18 Å². The Labute approximate surface area is 151 Å². The van der Waals surface area contributed by atoms with Crippen LogP contribution in [-0.2, 0) is 11.2 Å². The zero-order valence-electron chi connectivity index (χ0n) is 14.7. The highest BCUT2D eigenvalue weighted by molar-refractivity contribution is 5.79. The van der Waals surface area contributed by atoms with Crippen molar-refractivity contribution >= 4 is 5.91 Å². The molecule has 0 aliphatic carbocycles. The van der Waals surface area contributed by atoms with Crippen molar-refractivity contribution in [3.63, 3.8) is 0 Å². The van der Waals surface area contributed by atoms with Crippen LogP contribution in [0.2, 0.25) is 0 Å². The molecule has 3 atom stereocenters. The monoisotopic (exact) mass is 358 g/mol. The first-order valence-corrected chi connectivity index (χ1v) is 9.08. The molecule has 6 nitrogen and oxygen atoms in total. The summed E-state index contributed by atoms with van der Waals surface area (Å²) >= 11 is 0. The third kappa shape index (κ3) is 3.24. The molecule has 0 saturated carbocycles. The standard InChI is InChI=1S/C19H23FN4O2/c1-12-9-17(26-23-12)14-11-21-22-19(14)16-7-4-8-24(16)18(25)10-13-5-2-3-6-15(13)20/h2-3,5-6,9,14,16,19,21-22H,4,7-8,10-11H2,1H3. The number of rotatable bonds is 4. The van der Waals surface area contributed by atoms with Gasteiger partial charge < -0.3 is 9.42 Å². The molecular weight excluding hydrogens is 335 g/mol. The number of halogens is 1. The zero-order valence-corrected chi connectivity index (χ0v) is 14.7. The minimum atomic E-state index is -0.327. The van der Waals surface area contributed by atoms with Crippen LogP contribution < -0.4 is 10.9 Å². The van der Waals surface area contributed by atoms with Gasteiger partial charge in [-0.25, -0.2) is 4.39 Å². The van der Waals surface area contributed by atoms with Crippen LogP contribution in [0.15, 0.2) is 34.9 Å². The Morgan fingerprint density at radius 2 is 2.27 bits per heavy atom. The molecule has 4 rings (SSSR count). The molecule has 0 bridgehead atoms. The van der Waals surface area contributed by atoms with Gasteiger partial charge in [0, 0.05) is 25.2 Å². The summed E-state index contributed by atoms with van der Waals surface area (Å²) in [5, 5.41) is 3.99. The molecule has 1 aromatic heterocycles. The van der Waals surface area contributed by atoms with Crippen LogP contribution in [0.4, 0.5) is 4.39 Å². The highest BCUT2D eigenvalue weighted by atomic mass is 19.1. The number of nitrogens with zero attached hydrogens (tertiary/aromatic N) is 2. The molecular formula is C19H23FN4O2. The second-order valence-electron chi connectivity index (χ2n) is 7.09. The van der Waals surface area contributed by atoms with Gasteiger partial charge in [0.2, 0.25) is 5.91 Å². The summed E-state index contributed by atoms with van der Waals surface area (Å²) in [6, 6.07) is 8.53. The number of amides is 1. The van der Waals surface area contributed by atoms with Gasteiger partial charge in [0.05, 0.1) is 24.1 Å². The van der Waals surface area contributed by atoms with Crippen molar-refractivity contribution in [3.8, 4) is 0 Å². The predicted octanol–water partition coefficient (Wildman–Crippen LogP) is 1.92. The van der Waals surface area contributed by atoms with Gasteiger partial charge in [-0.15, -0.1) is 0 Å². The van der Waals surface area contributed by atoms with Gasteiger partial charge in [0.25, 0.3) is 0 Å². The van der Waals surface area contributed by atoms with Crippen LogP contribution in [0.1, 0.15) is 35.8 Å². The van der Waals surface area contributed by atoms with E-state index >= 15 is 0 Å². The van der Waals surface area contributed by atoms with Crippen molar-refractivity contribution in [2.24, 2.45) is 0 Å². The summed E-state index contributed by atoms with van der Waals surface area (Å²) in [5.74, 6) is 0.590. The van der Waals surface area contributed by atoms with Gasteiger partial charge in [-0.3, -0.25) is 15.6 Å². The maximum atomic E-state index is 13.9. The largest absolute Gasteiger partial charge is 0.361 e. The average molecular weight is 358 g/mol. The average Bonchev–Trinajstić information content (AvgIpc) is 3.35. The lowest BCUT2D eigenvalue weighted by molar-refractivity contribution is -0.131. The summed E-state index contributed by atoms with van der Waals surface area (Å²) in [4.78, 5) is 14.8. The van der Waals surface area contributed by atoms with Crippen molar-refractivity contribution in [1.29, 1.82) is 0 Å². The molecule has 7 heteroatoms. The molecule has 3 heterocycles. The lowest BCUT2D eigenvalue weighted by atomic mass is 9.91. The number of carbonyl (C=O) groups is 1. The second kappa shape index (κ2) is 7.17. The minimum absolute atomic E-state index is 0.0289. The van der Waals surface area contributed by atoms with E-state index in [0.717, 1.165) is 30.8 Å². The van der Waals surface area contributed by atoms with Crippen LogP contribution in [0.3, 0.4) is 0 Å². The summed E-state index contributed by atoms with van der Waals surface area (Å²) in [5.41, 5.74) is 7.80. The first-order valence-electron chi connectivity index (χ1n) is 9.08. The molecule has 0 radical (unpaired) electrons. The quantitative estimate of drug-likeness (QED) is 0.874. The fourth-order valence-electron chi connectivity index (χ4n) is 4.10. The first kappa shape index (κ1) is 17.2. The smallest absolute Gasteiger partial charge is 0.227 e. The van der Waals surface area contributed by atoms with Crippen molar-refractivity contribution < 1.29 is 13.7 Å². The van der Waals surface area contributed by atoms with Crippen LogP contribution >= 0.6 is 0 Å². The fourth-order valence-corrected chi connectivity index (χ4v) is 4.10. The second-order valence-corrected chi connectivity index (χ2v) is 7.09. The van der Waals surface area contributed by atoms with Crippen LogP contribution in [0, 0.1) is 12.7 Å². The van der Waals surface area contributed by atoms with E-state index in [2.05, 4.69) is 16.0 Å². The van der Waals surface area contributed by atoms with E-state index in [-0.39, 0.29) is 36.1 Å². The summed E-state index contributed by atoms with van der Waals surface area (Å²) in [6.45, 7) is 3.33. The third-order valence-corrected chi connectivity index (χ3v) is 5.37. The Kier molecular flexibility index (Phi) is 4.74. The number of hydrogen-bond acceptors (Lipinski definition) is 5. The summed E-state index contributed by atoms with van der Waals surface area (Å²) in [7, 11) is 0. The van der Waals surface area contributed by atoms with Crippen molar-refractivity contribution in [3.05, 3.63) is 53.2 Å². The Morgan fingerprint density at radius 1 is 1.42 bits per heavy atom. The number of hydrazine groups is 1. The molecule has 0 spiro atoms. The number of hydrogen-bond donors (Lipinski definition) is 2. The van der Waals surface area contributed by atoms with E-state index in [0.29, 0.717) is 12.1 Å². The maximum Gasteiger partial charge on any atom is 0.227 e. The van der Waals surface area contributed by atoms with Gasteiger partial charge in [0.1, 0.15) is 11.6 Å². The third-order valence-electron chi connectivity index (χ3n) is 5.37. The van der Waals surface area contributed by atoms with Gasteiger partial charge >= 0.3 is 0 Å². The SMILES string of the molecule is Cc1cc(C2CNNC2C2CCCN2C(=O)Cc2ccccc2F)on1. The number of carbonyl (C=O) groups excluding carboxylic acids is 1. The van der Waals surface area contributed by atoms with Crippen LogP contribution in [-0.4, -0.2) is 41.1 Å². The van der Waals surface area contributed by atoms with Crippen molar-refractivity contribution in [2.75, 3.05) is 13.1 Å². The molecule has 2 aliphatic heterocycles. The molecule has 26 heavy (non-hydrogen) atoms. The van der Waals surface area contributed by atoms with Gasteiger partial charge in [-0.05, 0) is 31.4 Å². The number of likely N-dealkylation sites (tertiary alicyclic amines) is 1. The Bertz CT molecular complexity index is 793. The number of aromatic nitrogens is 1. The Balaban J connectivity index is 1.50. The normalized spacial score (nSPS) is 25.8. The first-order chi connectivity index (χ1) is 12.6. The summed E-state index contributed by atoms with van der Waals surface area (Å²) in [6.07, 6.45) is 1.97. The van der Waals surface area contributed by atoms with E-state index in [1.165, 1.54) is 6.07 Å². The highest BCUT2D eigenvalue weighted by Crippen LogP contribution is 2.32. The highest BCUT2D eigenvalue weighted by Gasteiger charge is 2.42. The number of nitrogens with one attached hydrogen (secondary N) is 2. The predicted molar refractivity (Wildman–Crippen MR) is 93.7 cm³/mol. The molecule has 2 aliphatic rings. The molecule has 2 aromatic rings. The maximum absolute atomic E-state index is 13.9. The van der Waals surface area contributed by atoms with E-state index < -0.39 is 0 Å². The topological polar surface area (TPSA) is 70.4 Å². The molecule has 1 amide bonds. The zero-order chi connectivity index (χ0) is 18.1. The van der Waals surface area contributed by atoms with E-state index in [1.807, 2.05) is 17.9 Å². The van der Waals surface area contributed by atoms with Crippen molar-refractivity contribution in [1.82, 2.24) is 20.9 Å². The summed E-state index contributed by atoms with van der Waals surface area (Å²) < 4.78 is 19.4. The number of aryl methyl sites for hydroxylation is 1. The molecule has 138 valence electrons. The fraction of sp³-hybridized carbons (Fsp3) is 0.474. The van der Waals surface area contributed by atoms with Crippen LogP contribution in [0.5, 0.6) is 0 Å². The lowest BCUT2D eigenvalue weighted by Crippen LogP contribution is -2.50. The molecule has 2 fully saturated rings. The Hall–Kier alpha value is -2.25. The van der Waals surface area contributed by atoms with Gasteiger partial charge in [0.15, 0.2) is 0 Å². The van der Waals surface area contributed by atoms with Crippen LogP contribution in [0.25, 0.3) is 0 Å². The minimum Gasteiger partial charge on any atom is -0.361 e. The molecule has 2 N–H and O–H groups in total. The molecule has 3 unspecified atom stereocenters. The van der Waals surface area contributed by atoms with E-state index in [4.69, 9.17) is 4.52 Å². The molecule has 2 saturated heterocycles. The number of benzene rings is 1. The van der Waals surface area contributed by atoms with E-state index in [1.54, 1.807) is 18.2 Å². The Morgan fingerprint density at radius 3 is 3.04 bits per heavy atom. The molecule has 1 aromatic carbocycles. The van der Waals surface area contributed by atoms with Gasteiger partial charge in [-0.1, -0.05) is 23.4 Å². The van der Waals surface area contributed by atoms with Crippen molar-refractivity contribution in [2.45, 2.75) is 44.2 Å².